The maximum atomic E-state index is 12.7. The molecule has 0 unspecified atom stereocenters. The van der Waals surface area contributed by atoms with Crippen LogP contribution in [0.4, 0.5) is 11.5 Å². The van der Waals surface area contributed by atoms with Crippen LogP contribution < -0.4 is 9.80 Å². The van der Waals surface area contributed by atoms with Crippen molar-refractivity contribution in [3.63, 3.8) is 0 Å². The zero-order valence-electron chi connectivity index (χ0n) is 18.7. The number of likely N-dealkylation sites (N-methyl/N-ethyl adjacent to an activating group) is 1. The normalized spacial score (nSPS) is 15.7. The molecule has 4 rings (SSSR count). The molecule has 0 spiro atoms. The molecular weight excluding hydrogens is 418 g/mol. The maximum absolute atomic E-state index is 12.7. The molecule has 8 heteroatoms. The maximum Gasteiger partial charge on any atom is 0.254 e. The Morgan fingerprint density at radius 2 is 1.55 bits per heavy atom. The summed E-state index contributed by atoms with van der Waals surface area (Å²) in [6.07, 6.45) is -0.0568. The molecule has 2 N–H and O–H groups in total. The number of rotatable bonds is 7. The molecule has 1 saturated heterocycles. The zero-order chi connectivity index (χ0) is 23.2. The van der Waals surface area contributed by atoms with Crippen LogP contribution in [0.3, 0.4) is 0 Å². The van der Waals surface area contributed by atoms with E-state index >= 15 is 0 Å². The first-order valence-electron chi connectivity index (χ1n) is 11.0. The second-order valence-corrected chi connectivity index (χ2v) is 8.18. The lowest BCUT2D eigenvalue weighted by molar-refractivity contribution is -0.145. The van der Waals surface area contributed by atoms with Gasteiger partial charge in [-0.2, -0.15) is 0 Å². The van der Waals surface area contributed by atoms with E-state index in [1.807, 2.05) is 48.5 Å². The lowest BCUT2D eigenvalue weighted by Gasteiger charge is -2.36. The van der Waals surface area contributed by atoms with Crippen LogP contribution in [0.15, 0.2) is 73.1 Å². The average Bonchev–Trinajstić information content (AvgIpc) is 2.88. The number of aromatic nitrogens is 2. The Bertz CT molecular complexity index is 1040. The summed E-state index contributed by atoms with van der Waals surface area (Å²) in [6.45, 7) is 3.52. The van der Waals surface area contributed by atoms with Crippen molar-refractivity contribution >= 4 is 17.4 Å². The Morgan fingerprint density at radius 1 is 0.939 bits per heavy atom. The van der Waals surface area contributed by atoms with Crippen LogP contribution >= 0.6 is 0 Å². The van der Waals surface area contributed by atoms with E-state index in [0.717, 1.165) is 31.7 Å². The van der Waals surface area contributed by atoms with Crippen LogP contribution in [0, 0.1) is 0 Å². The highest BCUT2D eigenvalue weighted by atomic mass is 16.3. The van der Waals surface area contributed by atoms with E-state index in [9.17, 15) is 15.0 Å². The summed E-state index contributed by atoms with van der Waals surface area (Å²) in [7, 11) is 1.60. The van der Waals surface area contributed by atoms with Gasteiger partial charge in [-0.15, -0.1) is 0 Å². The van der Waals surface area contributed by atoms with Crippen LogP contribution in [0.25, 0.3) is 0 Å². The van der Waals surface area contributed by atoms with Crippen LogP contribution in [-0.2, 0) is 11.3 Å². The lowest BCUT2D eigenvalue weighted by atomic mass is 10.1. The number of anilines is 2. The van der Waals surface area contributed by atoms with Gasteiger partial charge in [-0.25, -0.2) is 4.98 Å². The van der Waals surface area contributed by atoms with Crippen molar-refractivity contribution in [3.05, 3.63) is 84.3 Å². The molecule has 33 heavy (non-hydrogen) atoms. The number of carbonyl (C=O) groups is 1. The average molecular weight is 448 g/mol. The van der Waals surface area contributed by atoms with Gasteiger partial charge in [0.25, 0.3) is 5.91 Å². The molecule has 1 fully saturated rings. The first kappa shape index (κ1) is 22.7. The van der Waals surface area contributed by atoms with Crippen LogP contribution in [-0.4, -0.2) is 70.3 Å². The molecule has 2 heterocycles. The monoisotopic (exact) mass is 447 g/mol. The summed E-state index contributed by atoms with van der Waals surface area (Å²) in [5.41, 5.74) is 2.30. The molecule has 0 aliphatic carbocycles. The third-order valence-electron chi connectivity index (χ3n) is 5.86. The number of aliphatic hydroxyl groups is 2. The molecule has 3 aromatic rings. The molecule has 1 aliphatic rings. The fourth-order valence-corrected chi connectivity index (χ4v) is 3.96. The SMILES string of the molecule is CN(Cc1ccccc1)C(=O)[C@H](O)[C@@H](O)c1cncc(N2CCN(c3ccccc3)CC2)n1. The molecular formula is C25H29N5O3. The number of benzene rings is 2. The van der Waals surface area contributed by atoms with Crippen molar-refractivity contribution in [2.75, 3.05) is 43.0 Å². The Balaban J connectivity index is 1.38. The van der Waals surface area contributed by atoms with Crippen molar-refractivity contribution in [1.29, 1.82) is 0 Å². The molecule has 8 nitrogen and oxygen atoms in total. The minimum Gasteiger partial charge on any atom is -0.383 e. The van der Waals surface area contributed by atoms with Crippen LogP contribution in [0.2, 0.25) is 0 Å². The fraction of sp³-hybridized carbons (Fsp3) is 0.320. The highest BCUT2D eigenvalue weighted by molar-refractivity contribution is 5.81. The minimum absolute atomic E-state index is 0.173. The van der Waals surface area contributed by atoms with Gasteiger partial charge in [-0.05, 0) is 17.7 Å². The van der Waals surface area contributed by atoms with Gasteiger partial charge >= 0.3 is 0 Å². The highest BCUT2D eigenvalue weighted by Gasteiger charge is 2.30. The summed E-state index contributed by atoms with van der Waals surface area (Å²) in [5, 5.41) is 21.2. The van der Waals surface area contributed by atoms with E-state index in [0.29, 0.717) is 12.4 Å². The minimum atomic E-state index is -1.63. The second kappa shape index (κ2) is 10.4. The summed E-state index contributed by atoms with van der Waals surface area (Å²) in [4.78, 5) is 27.2. The van der Waals surface area contributed by atoms with Crippen molar-refractivity contribution in [3.8, 4) is 0 Å². The molecule has 0 radical (unpaired) electrons. The number of carbonyl (C=O) groups excluding carboxylic acids is 1. The predicted molar refractivity (Wildman–Crippen MR) is 127 cm³/mol. The second-order valence-electron chi connectivity index (χ2n) is 8.18. The first-order chi connectivity index (χ1) is 16.0. The molecule has 2 aromatic carbocycles. The van der Waals surface area contributed by atoms with Gasteiger partial charge in [0, 0.05) is 45.5 Å². The molecule has 1 amide bonds. The van der Waals surface area contributed by atoms with Gasteiger partial charge in [0.2, 0.25) is 0 Å². The van der Waals surface area contributed by atoms with E-state index in [4.69, 9.17) is 0 Å². The van der Waals surface area contributed by atoms with E-state index in [1.54, 1.807) is 13.2 Å². The quantitative estimate of drug-likeness (QED) is 0.571. The summed E-state index contributed by atoms with van der Waals surface area (Å²) >= 11 is 0. The van der Waals surface area contributed by atoms with E-state index < -0.39 is 18.1 Å². The number of hydrogen-bond acceptors (Lipinski definition) is 7. The number of amides is 1. The van der Waals surface area contributed by atoms with Crippen molar-refractivity contribution < 1.29 is 15.0 Å². The Kier molecular flexibility index (Phi) is 7.16. The van der Waals surface area contributed by atoms with Gasteiger partial charge in [-0.3, -0.25) is 9.78 Å². The molecule has 0 bridgehead atoms. The number of nitrogens with zero attached hydrogens (tertiary/aromatic N) is 5. The number of piperazine rings is 1. The van der Waals surface area contributed by atoms with Crippen molar-refractivity contribution in [2.24, 2.45) is 0 Å². The Labute approximate surface area is 193 Å². The van der Waals surface area contributed by atoms with E-state index in [1.165, 1.54) is 16.8 Å². The van der Waals surface area contributed by atoms with Crippen molar-refractivity contribution in [1.82, 2.24) is 14.9 Å². The summed E-state index contributed by atoms with van der Waals surface area (Å²) in [6, 6.07) is 19.7. The molecule has 172 valence electrons. The van der Waals surface area contributed by atoms with Crippen LogP contribution in [0.5, 0.6) is 0 Å². The number of aliphatic hydroxyl groups excluding tert-OH is 2. The number of hydrogen-bond donors (Lipinski definition) is 2. The predicted octanol–water partition coefficient (Wildman–Crippen LogP) is 1.86. The summed E-state index contributed by atoms with van der Waals surface area (Å²) < 4.78 is 0. The highest BCUT2D eigenvalue weighted by Crippen LogP contribution is 2.22. The first-order valence-corrected chi connectivity index (χ1v) is 11.0. The van der Waals surface area contributed by atoms with Gasteiger partial charge in [0.15, 0.2) is 6.10 Å². The van der Waals surface area contributed by atoms with Gasteiger partial charge in [-0.1, -0.05) is 48.5 Å². The van der Waals surface area contributed by atoms with Crippen LogP contribution in [0.1, 0.15) is 17.4 Å². The lowest BCUT2D eigenvalue weighted by Crippen LogP contribution is -2.47. The zero-order valence-corrected chi connectivity index (χ0v) is 18.7. The van der Waals surface area contributed by atoms with E-state index in [2.05, 4.69) is 31.9 Å². The fourth-order valence-electron chi connectivity index (χ4n) is 3.96. The molecule has 0 saturated carbocycles. The van der Waals surface area contributed by atoms with Gasteiger partial charge in [0.1, 0.15) is 11.9 Å². The smallest absolute Gasteiger partial charge is 0.254 e. The topological polar surface area (TPSA) is 93.0 Å². The Morgan fingerprint density at radius 3 is 2.21 bits per heavy atom. The molecule has 2 atom stereocenters. The number of para-hydroxylation sites is 1. The standard InChI is InChI=1S/C25H29N5O3/c1-28(18-19-8-4-2-5-9-19)25(33)24(32)23(31)21-16-26-17-22(27-21)30-14-12-29(13-15-30)20-10-6-3-7-11-20/h2-11,16-17,23-24,31-32H,12-15,18H2,1H3/t23-,24+/m0/s1. The largest absolute Gasteiger partial charge is 0.383 e. The molecule has 1 aliphatic heterocycles. The molecule has 1 aromatic heterocycles. The summed E-state index contributed by atoms with van der Waals surface area (Å²) in [5.74, 6) is 0.0478. The third kappa shape index (κ3) is 5.47. The Hall–Kier alpha value is -3.49. The van der Waals surface area contributed by atoms with Gasteiger partial charge < -0.3 is 24.9 Å². The van der Waals surface area contributed by atoms with Gasteiger partial charge in [0.05, 0.1) is 18.1 Å². The third-order valence-corrected chi connectivity index (χ3v) is 5.86. The van der Waals surface area contributed by atoms with E-state index in [-0.39, 0.29) is 5.69 Å². The van der Waals surface area contributed by atoms with Crippen molar-refractivity contribution in [2.45, 2.75) is 18.8 Å².